The van der Waals surface area contributed by atoms with Crippen LogP contribution in [0.3, 0.4) is 0 Å². The van der Waals surface area contributed by atoms with Gasteiger partial charge in [0.2, 0.25) is 5.91 Å². The average Bonchev–Trinajstić information content (AvgIpc) is 3.24. The molecule has 4 amide bonds. The molecule has 3 rings (SSSR count). The van der Waals surface area contributed by atoms with Gasteiger partial charge in [0.15, 0.2) is 0 Å². The van der Waals surface area contributed by atoms with Crippen LogP contribution in [-0.2, 0) is 9.59 Å². The Morgan fingerprint density at radius 3 is 2.71 bits per heavy atom. The molecule has 2 aliphatic carbocycles. The highest BCUT2D eigenvalue weighted by molar-refractivity contribution is 6.08. The van der Waals surface area contributed by atoms with E-state index in [1.165, 1.54) is 4.90 Å². The minimum absolute atomic E-state index is 0.0112. The van der Waals surface area contributed by atoms with Crippen molar-refractivity contribution >= 4 is 17.8 Å². The smallest absolute Gasteiger partial charge is 0.325 e. The van der Waals surface area contributed by atoms with Gasteiger partial charge in [0, 0.05) is 13.1 Å². The largest absolute Gasteiger partial charge is 0.341 e. The van der Waals surface area contributed by atoms with Crippen LogP contribution >= 0.6 is 0 Å². The molecule has 6 heteroatoms. The maximum Gasteiger partial charge on any atom is 0.325 e. The third-order valence-electron chi connectivity index (χ3n) is 5.16. The Bertz CT molecular complexity index is 489. The highest BCUT2D eigenvalue weighted by Gasteiger charge is 2.54. The minimum Gasteiger partial charge on any atom is -0.341 e. The molecule has 1 spiro atoms. The topological polar surface area (TPSA) is 69.7 Å². The monoisotopic (exact) mass is 293 g/mol. The molecule has 116 valence electrons. The second kappa shape index (κ2) is 5.00. The Balaban J connectivity index is 1.78. The summed E-state index contributed by atoms with van der Waals surface area (Å²) in [7, 11) is 1.78. The number of amides is 4. The predicted octanol–water partition coefficient (Wildman–Crippen LogP) is 1.11. The lowest BCUT2D eigenvalue weighted by Gasteiger charge is -2.40. The summed E-state index contributed by atoms with van der Waals surface area (Å²) < 4.78 is 0. The molecule has 6 nitrogen and oxygen atoms in total. The molecule has 0 bridgehead atoms. The van der Waals surface area contributed by atoms with Gasteiger partial charge in [-0.25, -0.2) is 4.79 Å². The summed E-state index contributed by atoms with van der Waals surface area (Å²) in [6.45, 7) is 2.12. The molecule has 3 aliphatic rings. The van der Waals surface area contributed by atoms with E-state index in [9.17, 15) is 14.4 Å². The van der Waals surface area contributed by atoms with Crippen LogP contribution < -0.4 is 5.32 Å². The van der Waals surface area contributed by atoms with E-state index in [1.807, 2.05) is 0 Å². The molecule has 1 aliphatic heterocycles. The average molecular weight is 293 g/mol. The highest BCUT2D eigenvalue weighted by atomic mass is 16.2. The van der Waals surface area contributed by atoms with Gasteiger partial charge in [0.05, 0.1) is 0 Å². The summed E-state index contributed by atoms with van der Waals surface area (Å²) in [5, 5.41) is 2.41. The molecule has 3 fully saturated rings. The Kier molecular flexibility index (Phi) is 3.42. The molecule has 0 aromatic carbocycles. The second-order valence-corrected chi connectivity index (χ2v) is 6.81. The zero-order valence-electron chi connectivity index (χ0n) is 12.7. The van der Waals surface area contributed by atoms with Crippen molar-refractivity contribution < 1.29 is 14.4 Å². The molecule has 21 heavy (non-hydrogen) atoms. The molecule has 2 atom stereocenters. The fourth-order valence-electron chi connectivity index (χ4n) is 3.71. The Morgan fingerprint density at radius 2 is 2.10 bits per heavy atom. The lowest BCUT2D eigenvalue weighted by molar-refractivity contribution is -0.135. The summed E-state index contributed by atoms with van der Waals surface area (Å²) in [5.74, 6) is 0.107. The predicted molar refractivity (Wildman–Crippen MR) is 76.4 cm³/mol. The van der Waals surface area contributed by atoms with Gasteiger partial charge in [-0.15, -0.1) is 0 Å². The van der Waals surface area contributed by atoms with E-state index in [2.05, 4.69) is 12.2 Å². The Labute approximate surface area is 124 Å². The van der Waals surface area contributed by atoms with Crippen molar-refractivity contribution in [3.05, 3.63) is 0 Å². The summed E-state index contributed by atoms with van der Waals surface area (Å²) in [6.07, 6.45) is 5.39. The fraction of sp³-hybridized carbons (Fsp3) is 0.800. The standard InChI is InChI=1S/C15H23N3O3/c1-10-4-3-7-15(8-10)13(20)16-14(21)18(15)9-12(19)17(2)11-5-6-11/h10-11H,3-9H2,1-2H3,(H,16,20,21). The number of nitrogens with zero attached hydrogens (tertiary/aromatic N) is 2. The zero-order chi connectivity index (χ0) is 15.2. The van der Waals surface area contributed by atoms with E-state index < -0.39 is 11.6 Å². The number of likely N-dealkylation sites (N-methyl/N-ethyl adjacent to an activating group) is 1. The number of hydrogen-bond donors (Lipinski definition) is 1. The lowest BCUT2D eigenvalue weighted by Crippen LogP contribution is -2.55. The molecule has 1 N–H and O–H groups in total. The zero-order valence-corrected chi connectivity index (χ0v) is 12.7. The van der Waals surface area contributed by atoms with Crippen LogP contribution in [0.4, 0.5) is 4.79 Å². The first-order valence-electron chi connectivity index (χ1n) is 7.83. The van der Waals surface area contributed by atoms with E-state index in [1.54, 1.807) is 11.9 Å². The van der Waals surface area contributed by atoms with Gasteiger partial charge in [-0.1, -0.05) is 19.8 Å². The first-order chi connectivity index (χ1) is 9.94. The number of carbonyl (C=O) groups excluding carboxylic acids is 3. The van der Waals surface area contributed by atoms with Gasteiger partial charge < -0.3 is 9.80 Å². The van der Waals surface area contributed by atoms with Crippen LogP contribution in [0.2, 0.25) is 0 Å². The van der Waals surface area contributed by atoms with E-state index in [0.717, 1.165) is 25.7 Å². The number of imide groups is 1. The van der Waals surface area contributed by atoms with Gasteiger partial charge >= 0.3 is 6.03 Å². The first kappa shape index (κ1) is 14.4. The van der Waals surface area contributed by atoms with Crippen LogP contribution in [-0.4, -0.2) is 52.8 Å². The summed E-state index contributed by atoms with van der Waals surface area (Å²) in [5.41, 5.74) is -0.797. The number of hydrogen-bond acceptors (Lipinski definition) is 3. The number of rotatable bonds is 3. The molecule has 0 radical (unpaired) electrons. The first-order valence-corrected chi connectivity index (χ1v) is 7.83. The molecule has 2 unspecified atom stereocenters. The van der Waals surface area contributed by atoms with E-state index >= 15 is 0 Å². The normalized spacial score (nSPS) is 32.5. The van der Waals surface area contributed by atoms with Crippen molar-refractivity contribution in [3.63, 3.8) is 0 Å². The quantitative estimate of drug-likeness (QED) is 0.792. The lowest BCUT2D eigenvalue weighted by atomic mass is 9.75. The van der Waals surface area contributed by atoms with Crippen molar-refractivity contribution in [2.75, 3.05) is 13.6 Å². The molecule has 1 saturated heterocycles. The van der Waals surface area contributed by atoms with Gasteiger partial charge in [0.1, 0.15) is 12.1 Å². The Hall–Kier alpha value is -1.59. The molecular formula is C15H23N3O3. The highest BCUT2D eigenvalue weighted by Crippen LogP contribution is 2.39. The number of carbonyl (C=O) groups is 3. The van der Waals surface area contributed by atoms with Crippen LogP contribution in [0, 0.1) is 5.92 Å². The van der Waals surface area contributed by atoms with Crippen molar-refractivity contribution in [2.24, 2.45) is 5.92 Å². The summed E-state index contributed by atoms with van der Waals surface area (Å²) >= 11 is 0. The second-order valence-electron chi connectivity index (χ2n) is 6.81. The minimum atomic E-state index is -0.797. The number of nitrogens with one attached hydrogen (secondary N) is 1. The van der Waals surface area contributed by atoms with E-state index in [4.69, 9.17) is 0 Å². The van der Waals surface area contributed by atoms with Gasteiger partial charge in [0.25, 0.3) is 5.91 Å². The van der Waals surface area contributed by atoms with E-state index in [-0.39, 0.29) is 18.4 Å². The maximum absolute atomic E-state index is 12.3. The maximum atomic E-state index is 12.3. The summed E-state index contributed by atoms with van der Waals surface area (Å²) in [6, 6.07) is -0.0910. The van der Waals surface area contributed by atoms with Crippen LogP contribution in [0.5, 0.6) is 0 Å². The van der Waals surface area contributed by atoms with Gasteiger partial charge in [-0.05, 0) is 31.6 Å². The van der Waals surface area contributed by atoms with Crippen molar-refractivity contribution in [3.8, 4) is 0 Å². The van der Waals surface area contributed by atoms with Crippen LogP contribution in [0.15, 0.2) is 0 Å². The van der Waals surface area contributed by atoms with Crippen molar-refractivity contribution in [1.82, 2.24) is 15.1 Å². The third-order valence-corrected chi connectivity index (χ3v) is 5.16. The molecule has 0 aromatic rings. The molecule has 2 saturated carbocycles. The Morgan fingerprint density at radius 1 is 1.38 bits per heavy atom. The van der Waals surface area contributed by atoms with Gasteiger partial charge in [-0.2, -0.15) is 0 Å². The summed E-state index contributed by atoms with van der Waals surface area (Å²) in [4.78, 5) is 40.0. The molecular weight excluding hydrogens is 270 g/mol. The van der Waals surface area contributed by atoms with Crippen molar-refractivity contribution in [2.45, 2.75) is 57.0 Å². The van der Waals surface area contributed by atoms with Crippen molar-refractivity contribution in [1.29, 1.82) is 0 Å². The third kappa shape index (κ3) is 2.40. The molecule has 0 aromatic heterocycles. The SMILES string of the molecule is CC1CCCC2(C1)C(=O)NC(=O)N2CC(=O)N(C)C1CC1. The van der Waals surface area contributed by atoms with Crippen LogP contribution in [0.25, 0.3) is 0 Å². The number of urea groups is 1. The van der Waals surface area contributed by atoms with Gasteiger partial charge in [-0.3, -0.25) is 14.9 Å². The van der Waals surface area contributed by atoms with Crippen LogP contribution in [0.1, 0.15) is 45.4 Å². The van der Waals surface area contributed by atoms with E-state index in [0.29, 0.717) is 24.8 Å². The molecule has 1 heterocycles. The fourth-order valence-corrected chi connectivity index (χ4v) is 3.71.